The predicted molar refractivity (Wildman–Crippen MR) is 46.8 cm³/mol. The second-order valence-corrected chi connectivity index (χ2v) is 4.40. The van der Waals surface area contributed by atoms with Crippen LogP contribution >= 0.6 is 0 Å². The van der Waals surface area contributed by atoms with Crippen LogP contribution in [-0.2, 0) is 0 Å². The summed E-state index contributed by atoms with van der Waals surface area (Å²) in [6.45, 7) is -0.755. The Bertz CT molecular complexity index is 207. The molecule has 0 aromatic carbocycles. The Balaban J connectivity index is 1.88. The van der Waals surface area contributed by atoms with Crippen LogP contribution in [0, 0.1) is 0 Å². The Labute approximate surface area is 81.2 Å². The molecule has 2 fully saturated rings. The van der Waals surface area contributed by atoms with Crippen molar-refractivity contribution in [2.24, 2.45) is 5.73 Å². The average Bonchev–Trinajstić information content (AvgIpc) is 2.74. The van der Waals surface area contributed by atoms with Gasteiger partial charge in [-0.25, -0.2) is 0 Å². The molecule has 2 rings (SSSR count). The lowest BCUT2D eigenvalue weighted by molar-refractivity contribution is -0.156. The fourth-order valence-electron chi connectivity index (χ4n) is 2.07. The molecule has 0 aromatic rings. The summed E-state index contributed by atoms with van der Waals surface area (Å²) >= 11 is 0. The molecule has 2 saturated carbocycles. The molecule has 2 aliphatic carbocycles. The number of halogens is 3. The third-order valence-electron chi connectivity index (χ3n) is 3.00. The van der Waals surface area contributed by atoms with Crippen LogP contribution < -0.4 is 5.73 Å². The van der Waals surface area contributed by atoms with Gasteiger partial charge in [-0.05, 0) is 25.7 Å². The van der Waals surface area contributed by atoms with Crippen molar-refractivity contribution >= 4 is 0 Å². The van der Waals surface area contributed by atoms with Gasteiger partial charge in [0.05, 0.1) is 6.54 Å². The largest absolute Gasteiger partial charge is 0.401 e. The van der Waals surface area contributed by atoms with Crippen LogP contribution in [0.4, 0.5) is 13.2 Å². The summed E-state index contributed by atoms with van der Waals surface area (Å²) in [6, 6.07) is 0.378. The topological polar surface area (TPSA) is 29.3 Å². The molecule has 2 nitrogen and oxygen atoms in total. The number of rotatable bonds is 3. The van der Waals surface area contributed by atoms with Gasteiger partial charge in [-0.2, -0.15) is 13.2 Å². The third-order valence-corrected chi connectivity index (χ3v) is 3.00. The molecule has 5 heteroatoms. The van der Waals surface area contributed by atoms with Gasteiger partial charge in [0.2, 0.25) is 0 Å². The summed E-state index contributed by atoms with van der Waals surface area (Å²) in [6.07, 6.45) is -0.773. The fraction of sp³-hybridized carbons (Fsp3) is 1.00. The normalized spacial score (nSPS) is 33.2. The van der Waals surface area contributed by atoms with Gasteiger partial charge in [-0.1, -0.05) is 0 Å². The van der Waals surface area contributed by atoms with Crippen molar-refractivity contribution in [3.05, 3.63) is 0 Å². The van der Waals surface area contributed by atoms with E-state index >= 15 is 0 Å². The highest BCUT2D eigenvalue weighted by Gasteiger charge is 2.44. The first kappa shape index (κ1) is 10.2. The van der Waals surface area contributed by atoms with Crippen molar-refractivity contribution in [2.75, 3.05) is 6.54 Å². The Morgan fingerprint density at radius 2 is 1.71 bits per heavy atom. The van der Waals surface area contributed by atoms with Gasteiger partial charge < -0.3 is 5.73 Å². The lowest BCUT2D eigenvalue weighted by atomic mass is 9.86. The highest BCUT2D eigenvalue weighted by molar-refractivity contribution is 4.97. The van der Waals surface area contributed by atoms with Crippen LogP contribution in [0.25, 0.3) is 0 Å². The molecule has 0 aromatic heterocycles. The van der Waals surface area contributed by atoms with Crippen molar-refractivity contribution in [3.63, 3.8) is 0 Å². The van der Waals surface area contributed by atoms with Crippen molar-refractivity contribution < 1.29 is 13.2 Å². The van der Waals surface area contributed by atoms with E-state index < -0.39 is 12.7 Å². The number of nitrogens with two attached hydrogens (primary N) is 1. The van der Waals surface area contributed by atoms with Gasteiger partial charge in [0.1, 0.15) is 0 Å². The Morgan fingerprint density at radius 3 is 2.07 bits per heavy atom. The minimum Gasteiger partial charge on any atom is -0.328 e. The highest BCUT2D eigenvalue weighted by atomic mass is 19.4. The van der Waals surface area contributed by atoms with Crippen LogP contribution in [0.2, 0.25) is 0 Å². The molecule has 0 radical (unpaired) electrons. The van der Waals surface area contributed by atoms with Crippen LogP contribution in [-0.4, -0.2) is 35.7 Å². The molecule has 0 atom stereocenters. The third kappa shape index (κ3) is 2.39. The van der Waals surface area contributed by atoms with Crippen molar-refractivity contribution in [1.29, 1.82) is 0 Å². The molecule has 0 saturated heterocycles. The maximum atomic E-state index is 12.2. The lowest BCUT2D eigenvalue weighted by Gasteiger charge is -2.41. The van der Waals surface area contributed by atoms with Crippen molar-refractivity contribution in [2.45, 2.75) is 50.0 Å². The first-order valence-corrected chi connectivity index (χ1v) is 5.04. The predicted octanol–water partition coefficient (Wildman–Crippen LogP) is 1.50. The highest BCUT2D eigenvalue weighted by Crippen LogP contribution is 2.37. The van der Waals surface area contributed by atoms with Gasteiger partial charge in [-0.3, -0.25) is 4.90 Å². The number of hydrogen-bond donors (Lipinski definition) is 1. The van der Waals surface area contributed by atoms with E-state index in [0.717, 1.165) is 25.7 Å². The van der Waals surface area contributed by atoms with Crippen LogP contribution in [0.5, 0.6) is 0 Å². The van der Waals surface area contributed by atoms with Gasteiger partial charge in [0.15, 0.2) is 0 Å². The van der Waals surface area contributed by atoms with Crippen LogP contribution in [0.15, 0.2) is 0 Å². The number of alkyl halides is 3. The summed E-state index contributed by atoms with van der Waals surface area (Å²) in [4.78, 5) is 1.60. The Kier molecular flexibility index (Phi) is 2.47. The molecule has 14 heavy (non-hydrogen) atoms. The maximum absolute atomic E-state index is 12.2. The van der Waals surface area contributed by atoms with Crippen molar-refractivity contribution in [1.82, 2.24) is 4.90 Å². The van der Waals surface area contributed by atoms with E-state index in [4.69, 9.17) is 5.73 Å². The summed E-state index contributed by atoms with van der Waals surface area (Å²) in [7, 11) is 0. The second kappa shape index (κ2) is 3.38. The van der Waals surface area contributed by atoms with Crippen molar-refractivity contribution in [3.8, 4) is 0 Å². The van der Waals surface area contributed by atoms with E-state index in [1.165, 1.54) is 0 Å². The van der Waals surface area contributed by atoms with Gasteiger partial charge in [0, 0.05) is 18.1 Å². The van der Waals surface area contributed by atoms with E-state index in [1.54, 1.807) is 4.90 Å². The zero-order valence-corrected chi connectivity index (χ0v) is 7.93. The zero-order valence-electron chi connectivity index (χ0n) is 7.93. The summed E-state index contributed by atoms with van der Waals surface area (Å²) in [5.41, 5.74) is 5.58. The summed E-state index contributed by atoms with van der Waals surface area (Å²) in [5.74, 6) is 0. The van der Waals surface area contributed by atoms with Crippen LogP contribution in [0.3, 0.4) is 0 Å². The standard InChI is InChI=1S/C9H15F3N2/c10-9(11,12)5-14(7-1-2-7)8-3-6(13)4-8/h6-8H,1-5,13H2. The fourth-order valence-corrected chi connectivity index (χ4v) is 2.07. The smallest absolute Gasteiger partial charge is 0.328 e. The minimum atomic E-state index is -4.07. The van der Waals surface area contributed by atoms with E-state index in [2.05, 4.69) is 0 Å². The summed E-state index contributed by atoms with van der Waals surface area (Å²) in [5, 5.41) is 0. The molecule has 82 valence electrons. The van der Waals surface area contributed by atoms with Gasteiger partial charge in [0.25, 0.3) is 0 Å². The van der Waals surface area contributed by atoms with E-state index in [-0.39, 0.29) is 18.1 Å². The monoisotopic (exact) mass is 208 g/mol. The average molecular weight is 208 g/mol. The molecule has 2 aliphatic rings. The van der Waals surface area contributed by atoms with Gasteiger partial charge in [-0.15, -0.1) is 0 Å². The second-order valence-electron chi connectivity index (χ2n) is 4.40. The van der Waals surface area contributed by atoms with E-state index in [0.29, 0.717) is 0 Å². The number of hydrogen-bond acceptors (Lipinski definition) is 2. The Hall–Kier alpha value is -0.290. The molecule has 0 amide bonds. The molecule has 0 aliphatic heterocycles. The molecule has 0 heterocycles. The van der Waals surface area contributed by atoms with Crippen LogP contribution in [0.1, 0.15) is 25.7 Å². The van der Waals surface area contributed by atoms with E-state index in [1.807, 2.05) is 0 Å². The minimum absolute atomic E-state index is 0.0825. The first-order chi connectivity index (χ1) is 6.46. The SMILES string of the molecule is NC1CC(N(CC(F)(F)F)C2CC2)C1. The molecule has 2 N–H and O–H groups in total. The van der Waals surface area contributed by atoms with Gasteiger partial charge >= 0.3 is 6.18 Å². The first-order valence-electron chi connectivity index (χ1n) is 5.04. The molecular formula is C9H15F3N2. The lowest BCUT2D eigenvalue weighted by Crippen LogP contribution is -2.53. The molecule has 0 bridgehead atoms. The zero-order chi connectivity index (χ0) is 10.3. The Morgan fingerprint density at radius 1 is 1.14 bits per heavy atom. The molecule has 0 spiro atoms. The summed E-state index contributed by atoms with van der Waals surface area (Å²) < 4.78 is 36.7. The molecule has 0 unspecified atom stereocenters. The maximum Gasteiger partial charge on any atom is 0.401 e. The number of nitrogens with zero attached hydrogens (tertiary/aromatic N) is 1. The molecular weight excluding hydrogens is 193 g/mol. The van der Waals surface area contributed by atoms with E-state index in [9.17, 15) is 13.2 Å². The quantitative estimate of drug-likeness (QED) is 0.761.